The van der Waals surface area contributed by atoms with Crippen LogP contribution in [0.1, 0.15) is 44.8 Å². The number of nitrogens with zero attached hydrogens (tertiary/aromatic N) is 2. The second-order valence-corrected chi connectivity index (χ2v) is 9.81. The number of esters is 2. The zero-order valence-corrected chi connectivity index (χ0v) is 23.4. The van der Waals surface area contributed by atoms with Crippen LogP contribution in [0, 0.1) is 13.8 Å². The predicted octanol–water partition coefficient (Wildman–Crippen LogP) is 5.55. The molecular weight excluding hydrogens is 524 g/mol. The first-order chi connectivity index (χ1) is 19.9. The molecule has 3 aromatic carbocycles. The highest BCUT2D eigenvalue weighted by Crippen LogP contribution is 2.37. The number of carbonyl (C=O) groups is 2. The molecule has 1 saturated heterocycles. The standard InChI is InChI=1S/C32H32N2O7/c1-20-10-14-23(15-11-20)39-19-26-25(40-24-16-12-21(2)13-17-24)18-27(41-26)34-29(32(36)38-4)28(31(35)37-3)33-30(34)22-8-6-5-7-9-22/h5-17,25-27H,18-19H2,1-4H3/t25-,26-,27-/m1/s1. The van der Waals surface area contributed by atoms with Gasteiger partial charge in [-0.15, -0.1) is 0 Å². The van der Waals surface area contributed by atoms with Crippen molar-refractivity contribution in [2.45, 2.75) is 38.7 Å². The van der Waals surface area contributed by atoms with Crippen LogP contribution in [-0.4, -0.2) is 54.5 Å². The number of methoxy groups -OCH3 is 2. The summed E-state index contributed by atoms with van der Waals surface area (Å²) in [6.45, 7) is 4.22. The van der Waals surface area contributed by atoms with E-state index in [2.05, 4.69) is 4.98 Å². The van der Waals surface area contributed by atoms with Crippen LogP contribution in [0.4, 0.5) is 0 Å². The number of aromatic nitrogens is 2. The van der Waals surface area contributed by atoms with Gasteiger partial charge in [-0.2, -0.15) is 0 Å². The van der Waals surface area contributed by atoms with E-state index in [1.807, 2.05) is 92.7 Å². The Morgan fingerprint density at radius 3 is 2.07 bits per heavy atom. The lowest BCUT2D eigenvalue weighted by Crippen LogP contribution is -2.32. The highest BCUT2D eigenvalue weighted by molar-refractivity contribution is 6.01. The lowest BCUT2D eigenvalue weighted by Gasteiger charge is -2.21. The highest BCUT2D eigenvalue weighted by Gasteiger charge is 2.42. The molecule has 212 valence electrons. The first-order valence-corrected chi connectivity index (χ1v) is 13.3. The van der Waals surface area contributed by atoms with E-state index in [0.717, 1.165) is 11.1 Å². The first-order valence-electron chi connectivity index (χ1n) is 13.3. The Morgan fingerprint density at radius 2 is 1.46 bits per heavy atom. The summed E-state index contributed by atoms with van der Waals surface area (Å²) in [6, 6.07) is 24.8. The summed E-state index contributed by atoms with van der Waals surface area (Å²) in [5, 5.41) is 0. The fraction of sp³-hybridized carbons (Fsp3) is 0.281. The van der Waals surface area contributed by atoms with Gasteiger partial charge >= 0.3 is 11.9 Å². The molecule has 0 spiro atoms. The van der Waals surface area contributed by atoms with Crippen LogP contribution in [-0.2, 0) is 14.2 Å². The van der Waals surface area contributed by atoms with E-state index in [9.17, 15) is 9.59 Å². The fourth-order valence-electron chi connectivity index (χ4n) is 4.77. The van der Waals surface area contributed by atoms with E-state index in [-0.39, 0.29) is 18.0 Å². The molecule has 4 aromatic rings. The van der Waals surface area contributed by atoms with Crippen molar-refractivity contribution in [3.05, 3.63) is 101 Å². The minimum absolute atomic E-state index is 0.0580. The minimum Gasteiger partial charge on any atom is -0.491 e. The maximum absolute atomic E-state index is 13.1. The van der Waals surface area contributed by atoms with Gasteiger partial charge in [0.15, 0.2) is 11.4 Å². The summed E-state index contributed by atoms with van der Waals surface area (Å²) >= 11 is 0. The Labute approximate surface area is 238 Å². The normalized spacial score (nSPS) is 18.1. The molecule has 0 aliphatic carbocycles. The van der Waals surface area contributed by atoms with Gasteiger partial charge in [-0.1, -0.05) is 65.7 Å². The quantitative estimate of drug-likeness (QED) is 0.247. The lowest BCUT2D eigenvalue weighted by molar-refractivity contribution is -0.0359. The molecule has 1 aliphatic heterocycles. The highest BCUT2D eigenvalue weighted by atomic mass is 16.6. The summed E-state index contributed by atoms with van der Waals surface area (Å²) in [6.07, 6.45) is -1.34. The number of hydrogen-bond donors (Lipinski definition) is 0. The van der Waals surface area contributed by atoms with Gasteiger partial charge in [-0.3, -0.25) is 4.57 Å². The van der Waals surface area contributed by atoms with Crippen molar-refractivity contribution < 1.29 is 33.3 Å². The van der Waals surface area contributed by atoms with Crippen LogP contribution >= 0.6 is 0 Å². The molecule has 0 radical (unpaired) electrons. The summed E-state index contributed by atoms with van der Waals surface area (Å²) in [5.74, 6) is 0.255. The van der Waals surface area contributed by atoms with Gasteiger partial charge in [0.1, 0.15) is 42.4 Å². The summed E-state index contributed by atoms with van der Waals surface area (Å²) < 4.78 is 30.7. The summed E-state index contributed by atoms with van der Waals surface area (Å²) in [7, 11) is 2.49. The lowest BCUT2D eigenvalue weighted by atomic mass is 10.1. The molecular formula is C32H32N2O7. The Kier molecular flexibility index (Phi) is 8.35. The largest absolute Gasteiger partial charge is 0.491 e. The van der Waals surface area contributed by atoms with Crippen LogP contribution in [0.15, 0.2) is 78.9 Å². The van der Waals surface area contributed by atoms with Crippen molar-refractivity contribution in [1.82, 2.24) is 9.55 Å². The molecule has 9 nitrogen and oxygen atoms in total. The first kappa shape index (κ1) is 27.9. The van der Waals surface area contributed by atoms with E-state index < -0.39 is 30.4 Å². The van der Waals surface area contributed by atoms with Gasteiger partial charge in [0, 0.05) is 12.0 Å². The number of hydrogen-bond acceptors (Lipinski definition) is 8. The van der Waals surface area contributed by atoms with Gasteiger partial charge in [0.25, 0.3) is 0 Å². The Hall–Kier alpha value is -4.63. The number of benzene rings is 3. The van der Waals surface area contributed by atoms with Crippen molar-refractivity contribution in [2.75, 3.05) is 20.8 Å². The van der Waals surface area contributed by atoms with Gasteiger partial charge in [0.05, 0.1) is 14.2 Å². The average Bonchev–Trinajstić information content (AvgIpc) is 3.59. The van der Waals surface area contributed by atoms with Crippen LogP contribution in [0.2, 0.25) is 0 Å². The van der Waals surface area contributed by atoms with Crippen molar-refractivity contribution >= 4 is 11.9 Å². The van der Waals surface area contributed by atoms with E-state index >= 15 is 0 Å². The van der Waals surface area contributed by atoms with Crippen molar-refractivity contribution in [1.29, 1.82) is 0 Å². The van der Waals surface area contributed by atoms with Gasteiger partial charge < -0.3 is 23.7 Å². The van der Waals surface area contributed by atoms with Crippen LogP contribution in [0.25, 0.3) is 11.4 Å². The van der Waals surface area contributed by atoms with E-state index in [4.69, 9.17) is 23.7 Å². The third-order valence-corrected chi connectivity index (χ3v) is 6.91. The third-order valence-electron chi connectivity index (χ3n) is 6.91. The Balaban J connectivity index is 1.54. The minimum atomic E-state index is -0.758. The second kappa shape index (κ2) is 12.3. The van der Waals surface area contributed by atoms with Crippen molar-refractivity contribution in [3.8, 4) is 22.9 Å². The molecule has 0 saturated carbocycles. The number of rotatable bonds is 9. The maximum atomic E-state index is 13.1. The molecule has 2 heterocycles. The Bertz CT molecular complexity index is 1500. The summed E-state index contributed by atoms with van der Waals surface area (Å²) in [4.78, 5) is 30.4. The molecule has 1 aromatic heterocycles. The van der Waals surface area contributed by atoms with Crippen molar-refractivity contribution in [3.63, 3.8) is 0 Å². The molecule has 1 aliphatic rings. The number of carbonyl (C=O) groups excluding carboxylic acids is 2. The molecule has 41 heavy (non-hydrogen) atoms. The SMILES string of the molecule is COC(=O)c1nc(-c2ccccc2)n([C@H]2C[C@@H](Oc3ccc(C)cc3)[C@@H](COc3ccc(C)cc3)O2)c1C(=O)OC. The smallest absolute Gasteiger partial charge is 0.359 e. The molecule has 0 bridgehead atoms. The molecule has 0 amide bonds. The zero-order valence-electron chi connectivity index (χ0n) is 23.4. The topological polar surface area (TPSA) is 98.1 Å². The molecule has 3 atom stereocenters. The maximum Gasteiger partial charge on any atom is 0.359 e. The van der Waals surface area contributed by atoms with Gasteiger partial charge in [-0.05, 0) is 38.1 Å². The fourth-order valence-corrected chi connectivity index (χ4v) is 4.77. The third kappa shape index (κ3) is 6.10. The van der Waals surface area contributed by atoms with Crippen LogP contribution in [0.3, 0.4) is 0 Å². The zero-order chi connectivity index (χ0) is 28.9. The van der Waals surface area contributed by atoms with Crippen LogP contribution < -0.4 is 9.47 Å². The van der Waals surface area contributed by atoms with Crippen molar-refractivity contribution in [2.24, 2.45) is 0 Å². The number of aryl methyl sites for hydroxylation is 2. The number of imidazole rings is 1. The second-order valence-electron chi connectivity index (χ2n) is 9.81. The molecule has 5 rings (SSSR count). The Morgan fingerprint density at radius 1 is 0.854 bits per heavy atom. The molecule has 0 N–H and O–H groups in total. The average molecular weight is 557 g/mol. The predicted molar refractivity (Wildman–Crippen MR) is 151 cm³/mol. The summed E-state index contributed by atoms with van der Waals surface area (Å²) in [5.41, 5.74) is 2.71. The molecule has 9 heteroatoms. The van der Waals surface area contributed by atoms with Crippen LogP contribution in [0.5, 0.6) is 11.5 Å². The van der Waals surface area contributed by atoms with E-state index in [1.165, 1.54) is 14.2 Å². The molecule has 1 fully saturated rings. The van der Waals surface area contributed by atoms with Gasteiger partial charge in [0.2, 0.25) is 0 Å². The van der Waals surface area contributed by atoms with Gasteiger partial charge in [-0.25, -0.2) is 14.6 Å². The van der Waals surface area contributed by atoms with E-state index in [1.54, 1.807) is 4.57 Å². The number of ether oxygens (including phenoxy) is 5. The van der Waals surface area contributed by atoms with E-state index in [0.29, 0.717) is 29.3 Å². The monoisotopic (exact) mass is 556 g/mol. The molecule has 0 unspecified atom stereocenters.